The molecular formula is C25H21N7O. The first kappa shape index (κ1) is 19.5. The summed E-state index contributed by atoms with van der Waals surface area (Å²) in [6.07, 6.45) is 7.44. The SMILES string of the molecule is Nc1nc(C#C[C@H]2CCCN2Cc2cnc3ccccc3c2)cn2nc(-c3ccco3)nc12. The largest absolute Gasteiger partial charge is 0.461 e. The van der Waals surface area contributed by atoms with Crippen LogP contribution in [0.5, 0.6) is 0 Å². The Balaban J connectivity index is 1.24. The van der Waals surface area contributed by atoms with Crippen molar-refractivity contribution in [1.82, 2.24) is 29.5 Å². The van der Waals surface area contributed by atoms with Crippen molar-refractivity contribution < 1.29 is 4.42 Å². The monoisotopic (exact) mass is 435 g/mol. The second kappa shape index (κ2) is 8.04. The number of aromatic nitrogens is 5. The minimum absolute atomic E-state index is 0.157. The van der Waals surface area contributed by atoms with Gasteiger partial charge in [-0.15, -0.1) is 5.10 Å². The molecule has 1 atom stereocenters. The van der Waals surface area contributed by atoms with E-state index in [4.69, 9.17) is 10.2 Å². The van der Waals surface area contributed by atoms with Crippen molar-refractivity contribution >= 4 is 22.4 Å². The van der Waals surface area contributed by atoms with E-state index in [0.717, 1.165) is 36.8 Å². The molecular weight excluding hydrogens is 414 g/mol. The molecule has 4 aromatic heterocycles. The Morgan fingerprint density at radius 2 is 2.09 bits per heavy atom. The molecule has 0 aliphatic carbocycles. The van der Waals surface area contributed by atoms with Crippen molar-refractivity contribution in [3.05, 3.63) is 72.4 Å². The Morgan fingerprint density at radius 1 is 1.15 bits per heavy atom. The van der Waals surface area contributed by atoms with Gasteiger partial charge in [0, 0.05) is 18.1 Å². The minimum atomic E-state index is 0.157. The molecule has 6 rings (SSSR count). The van der Waals surface area contributed by atoms with Gasteiger partial charge in [-0.05, 0) is 55.1 Å². The minimum Gasteiger partial charge on any atom is -0.461 e. The van der Waals surface area contributed by atoms with Gasteiger partial charge in [0.15, 0.2) is 17.2 Å². The number of para-hydroxylation sites is 1. The zero-order valence-corrected chi connectivity index (χ0v) is 17.8. The predicted octanol–water partition coefficient (Wildman–Crippen LogP) is 3.53. The van der Waals surface area contributed by atoms with Crippen LogP contribution >= 0.6 is 0 Å². The van der Waals surface area contributed by atoms with Crippen LogP contribution in [-0.2, 0) is 6.54 Å². The van der Waals surface area contributed by atoms with E-state index in [0.29, 0.717) is 22.9 Å². The molecule has 162 valence electrons. The molecule has 1 aliphatic rings. The van der Waals surface area contributed by atoms with Gasteiger partial charge in [-0.2, -0.15) is 0 Å². The first-order valence-electron chi connectivity index (χ1n) is 10.9. The fraction of sp³-hybridized carbons (Fsp3) is 0.200. The van der Waals surface area contributed by atoms with E-state index in [1.54, 1.807) is 29.1 Å². The van der Waals surface area contributed by atoms with E-state index < -0.39 is 0 Å². The number of likely N-dealkylation sites (tertiary alicyclic amines) is 1. The van der Waals surface area contributed by atoms with Crippen LogP contribution in [-0.4, -0.2) is 42.1 Å². The van der Waals surface area contributed by atoms with Crippen LogP contribution in [0.15, 0.2) is 65.5 Å². The molecule has 0 unspecified atom stereocenters. The second-order valence-corrected chi connectivity index (χ2v) is 8.13. The third kappa shape index (κ3) is 3.79. The predicted molar refractivity (Wildman–Crippen MR) is 125 cm³/mol. The zero-order chi connectivity index (χ0) is 22.2. The Bertz CT molecular complexity index is 1510. The number of benzene rings is 1. The smallest absolute Gasteiger partial charge is 0.218 e. The van der Waals surface area contributed by atoms with Crippen LogP contribution in [0, 0.1) is 11.8 Å². The lowest BCUT2D eigenvalue weighted by Crippen LogP contribution is -2.27. The number of furan rings is 1. The number of nitrogen functional groups attached to an aromatic ring is 1. The summed E-state index contributed by atoms with van der Waals surface area (Å²) in [5.74, 6) is 7.92. The zero-order valence-electron chi connectivity index (χ0n) is 17.8. The highest BCUT2D eigenvalue weighted by Crippen LogP contribution is 2.22. The highest BCUT2D eigenvalue weighted by Gasteiger charge is 2.23. The van der Waals surface area contributed by atoms with Gasteiger partial charge in [-0.1, -0.05) is 24.1 Å². The Hall–Kier alpha value is -4.22. The van der Waals surface area contributed by atoms with E-state index in [9.17, 15) is 0 Å². The van der Waals surface area contributed by atoms with Gasteiger partial charge in [-0.25, -0.2) is 14.5 Å². The van der Waals surface area contributed by atoms with Gasteiger partial charge < -0.3 is 10.2 Å². The molecule has 8 heteroatoms. The number of nitrogens with zero attached hydrogens (tertiary/aromatic N) is 6. The van der Waals surface area contributed by atoms with Crippen molar-refractivity contribution in [1.29, 1.82) is 0 Å². The molecule has 1 fully saturated rings. The van der Waals surface area contributed by atoms with Crippen LogP contribution in [0.1, 0.15) is 24.1 Å². The van der Waals surface area contributed by atoms with Gasteiger partial charge in [0.25, 0.3) is 0 Å². The molecule has 2 N–H and O–H groups in total. The van der Waals surface area contributed by atoms with Crippen LogP contribution in [0.2, 0.25) is 0 Å². The third-order valence-corrected chi connectivity index (χ3v) is 5.85. The number of hydrogen-bond donors (Lipinski definition) is 1. The molecule has 0 radical (unpaired) electrons. The lowest BCUT2D eigenvalue weighted by molar-refractivity contribution is 0.288. The standard InChI is InChI=1S/C25H21N7O/c26-23-25-29-24(22-8-4-12-33-22)30-32(25)16-19(28-23)9-10-20-6-3-11-31(20)15-17-13-18-5-1-2-7-21(18)27-14-17/h1-2,4-5,7-8,12-14,16,20H,3,6,11,15H2,(H2,26,28)/t20-/m1/s1. The van der Waals surface area contributed by atoms with Crippen molar-refractivity contribution in [3.63, 3.8) is 0 Å². The molecule has 5 aromatic rings. The van der Waals surface area contributed by atoms with Gasteiger partial charge in [0.05, 0.1) is 24.0 Å². The van der Waals surface area contributed by atoms with Crippen molar-refractivity contribution in [2.24, 2.45) is 0 Å². The van der Waals surface area contributed by atoms with Crippen molar-refractivity contribution in [3.8, 4) is 23.4 Å². The summed E-state index contributed by atoms with van der Waals surface area (Å²) in [6, 6.07) is 14.1. The van der Waals surface area contributed by atoms with Gasteiger partial charge >= 0.3 is 0 Å². The molecule has 5 heterocycles. The first-order valence-corrected chi connectivity index (χ1v) is 10.9. The maximum absolute atomic E-state index is 6.13. The maximum Gasteiger partial charge on any atom is 0.218 e. The number of rotatable bonds is 3. The molecule has 33 heavy (non-hydrogen) atoms. The van der Waals surface area contributed by atoms with Gasteiger partial charge in [0.2, 0.25) is 5.82 Å². The topological polar surface area (TPSA) is 98.4 Å². The van der Waals surface area contributed by atoms with E-state index >= 15 is 0 Å². The lowest BCUT2D eigenvalue weighted by atomic mass is 10.1. The Morgan fingerprint density at radius 3 is 3.00 bits per heavy atom. The molecule has 0 bridgehead atoms. The average molecular weight is 435 g/mol. The summed E-state index contributed by atoms with van der Waals surface area (Å²) >= 11 is 0. The summed E-state index contributed by atoms with van der Waals surface area (Å²) in [6.45, 7) is 1.83. The highest BCUT2D eigenvalue weighted by atomic mass is 16.3. The fourth-order valence-electron chi connectivity index (χ4n) is 4.26. The van der Waals surface area contributed by atoms with Gasteiger partial charge in [0.1, 0.15) is 5.69 Å². The van der Waals surface area contributed by atoms with Crippen LogP contribution in [0.4, 0.5) is 5.82 Å². The van der Waals surface area contributed by atoms with Crippen molar-refractivity contribution in [2.75, 3.05) is 12.3 Å². The van der Waals surface area contributed by atoms with E-state index in [1.807, 2.05) is 24.4 Å². The third-order valence-electron chi connectivity index (χ3n) is 5.85. The molecule has 0 amide bonds. The Labute approximate surface area is 190 Å². The quantitative estimate of drug-likeness (QED) is 0.433. The number of hydrogen-bond acceptors (Lipinski definition) is 7. The number of anilines is 1. The Kier molecular flexibility index (Phi) is 4.74. The first-order chi connectivity index (χ1) is 16.2. The summed E-state index contributed by atoms with van der Waals surface area (Å²) in [5, 5.41) is 5.62. The molecule has 0 spiro atoms. The molecule has 1 aliphatic heterocycles. The number of nitrogens with two attached hydrogens (primary N) is 1. The maximum atomic E-state index is 6.13. The van der Waals surface area contributed by atoms with E-state index in [1.165, 1.54) is 5.56 Å². The number of pyridine rings is 1. The van der Waals surface area contributed by atoms with Crippen LogP contribution in [0.25, 0.3) is 28.1 Å². The summed E-state index contributed by atoms with van der Waals surface area (Å²) in [4.78, 5) is 15.8. The van der Waals surface area contributed by atoms with Crippen LogP contribution < -0.4 is 5.73 Å². The molecule has 0 saturated carbocycles. The summed E-state index contributed by atoms with van der Waals surface area (Å²) in [5.41, 5.74) is 9.39. The van der Waals surface area contributed by atoms with Crippen molar-refractivity contribution in [2.45, 2.75) is 25.4 Å². The summed E-state index contributed by atoms with van der Waals surface area (Å²) < 4.78 is 6.99. The van der Waals surface area contributed by atoms with Crippen LogP contribution in [0.3, 0.4) is 0 Å². The highest BCUT2D eigenvalue weighted by molar-refractivity contribution is 5.78. The fourth-order valence-corrected chi connectivity index (χ4v) is 4.26. The second-order valence-electron chi connectivity index (χ2n) is 8.13. The molecule has 1 saturated heterocycles. The van der Waals surface area contributed by atoms with Gasteiger partial charge in [-0.3, -0.25) is 9.88 Å². The lowest BCUT2D eigenvalue weighted by Gasteiger charge is -2.20. The molecule has 8 nitrogen and oxygen atoms in total. The van der Waals surface area contributed by atoms with E-state index in [2.05, 4.69) is 48.9 Å². The average Bonchev–Trinajstić information content (AvgIpc) is 3.58. The normalized spacial score (nSPS) is 16.3. The summed E-state index contributed by atoms with van der Waals surface area (Å²) in [7, 11) is 0. The number of fused-ring (bicyclic) bond motifs is 2. The van der Waals surface area contributed by atoms with E-state index in [-0.39, 0.29) is 11.9 Å². The molecule has 1 aromatic carbocycles.